The summed E-state index contributed by atoms with van der Waals surface area (Å²) in [6.07, 6.45) is -2.61. The number of rotatable bonds is 7. The maximum absolute atomic E-state index is 11.1. The van der Waals surface area contributed by atoms with Crippen LogP contribution in [0.2, 0.25) is 0 Å². The first-order valence-corrected chi connectivity index (χ1v) is 4.58. The zero-order chi connectivity index (χ0) is 11.8. The average molecular weight is 222 g/mol. The number of ether oxygens (including phenoxy) is 3. The lowest BCUT2D eigenvalue weighted by Crippen LogP contribution is -2.40. The van der Waals surface area contributed by atoms with E-state index in [0.717, 1.165) is 0 Å². The fraction of sp³-hybridized carbons (Fsp3) is 0.889. The molecular weight excluding hydrogens is 204 g/mol. The fourth-order valence-electron chi connectivity index (χ4n) is 0.970. The molecule has 2 unspecified atom stereocenters. The second kappa shape index (κ2) is 7.58. The number of carbonyl (C=O) groups is 1. The topological polar surface area (TPSA) is 85.2 Å². The third-order valence-corrected chi connectivity index (χ3v) is 1.84. The maximum Gasteiger partial charge on any atom is 0.335 e. The summed E-state index contributed by atoms with van der Waals surface area (Å²) in [4.78, 5) is 11.1. The molecule has 0 aliphatic carbocycles. The van der Waals surface area contributed by atoms with Gasteiger partial charge in [0.2, 0.25) is 0 Å². The first kappa shape index (κ1) is 14.3. The van der Waals surface area contributed by atoms with Crippen molar-refractivity contribution >= 4 is 5.97 Å². The highest BCUT2D eigenvalue weighted by Gasteiger charge is 2.26. The van der Waals surface area contributed by atoms with Crippen molar-refractivity contribution in [1.29, 1.82) is 0 Å². The molecule has 0 aromatic heterocycles. The van der Waals surface area contributed by atoms with Crippen LogP contribution < -0.4 is 0 Å². The SMILES string of the molecule is COCC(OC)[C@H](CO)OC(=O)C(C)O. The molecule has 0 spiro atoms. The van der Waals surface area contributed by atoms with Crippen molar-refractivity contribution in [1.82, 2.24) is 0 Å². The summed E-state index contributed by atoms with van der Waals surface area (Å²) < 4.78 is 14.6. The molecule has 0 aromatic rings. The van der Waals surface area contributed by atoms with Crippen molar-refractivity contribution in [2.24, 2.45) is 0 Å². The van der Waals surface area contributed by atoms with Crippen LogP contribution >= 0.6 is 0 Å². The summed E-state index contributed by atoms with van der Waals surface area (Å²) in [6.45, 7) is 1.09. The van der Waals surface area contributed by atoms with Gasteiger partial charge in [0, 0.05) is 14.2 Å². The second-order valence-corrected chi connectivity index (χ2v) is 3.06. The summed E-state index contributed by atoms with van der Waals surface area (Å²) in [6, 6.07) is 0. The summed E-state index contributed by atoms with van der Waals surface area (Å²) in [5.41, 5.74) is 0. The van der Waals surface area contributed by atoms with Crippen LogP contribution in [0.4, 0.5) is 0 Å². The predicted octanol–water partition coefficient (Wildman–Crippen LogP) is -1.07. The van der Waals surface area contributed by atoms with Crippen molar-refractivity contribution in [2.45, 2.75) is 25.2 Å². The van der Waals surface area contributed by atoms with Crippen LogP contribution in [0.3, 0.4) is 0 Å². The highest BCUT2D eigenvalue weighted by Crippen LogP contribution is 2.05. The Kier molecular flexibility index (Phi) is 7.23. The van der Waals surface area contributed by atoms with Crippen molar-refractivity contribution in [3.8, 4) is 0 Å². The zero-order valence-corrected chi connectivity index (χ0v) is 9.17. The summed E-state index contributed by atoms with van der Waals surface area (Å²) in [5, 5.41) is 17.9. The minimum absolute atomic E-state index is 0.189. The molecule has 0 radical (unpaired) electrons. The van der Waals surface area contributed by atoms with Crippen LogP contribution in [0.25, 0.3) is 0 Å². The van der Waals surface area contributed by atoms with Gasteiger partial charge < -0.3 is 24.4 Å². The van der Waals surface area contributed by atoms with Crippen LogP contribution in [0.1, 0.15) is 6.92 Å². The van der Waals surface area contributed by atoms with Crippen LogP contribution in [0, 0.1) is 0 Å². The Morgan fingerprint density at radius 1 is 1.33 bits per heavy atom. The Hall–Kier alpha value is -0.690. The normalized spacial score (nSPS) is 16.9. The molecule has 0 rings (SSSR count). The van der Waals surface area contributed by atoms with Crippen molar-refractivity contribution in [2.75, 3.05) is 27.4 Å². The third-order valence-electron chi connectivity index (χ3n) is 1.84. The minimum atomic E-state index is -1.22. The van der Waals surface area contributed by atoms with Crippen LogP contribution in [-0.2, 0) is 19.0 Å². The van der Waals surface area contributed by atoms with E-state index in [1.807, 2.05) is 0 Å². The number of hydrogen-bond donors (Lipinski definition) is 2. The first-order valence-electron chi connectivity index (χ1n) is 4.58. The quantitative estimate of drug-likeness (QED) is 0.534. The van der Waals surface area contributed by atoms with E-state index < -0.39 is 24.3 Å². The second-order valence-electron chi connectivity index (χ2n) is 3.06. The molecule has 6 heteroatoms. The number of carbonyl (C=O) groups excluding carboxylic acids is 1. The lowest BCUT2D eigenvalue weighted by molar-refractivity contribution is -0.171. The van der Waals surface area contributed by atoms with Crippen LogP contribution in [0.5, 0.6) is 0 Å². The predicted molar refractivity (Wildman–Crippen MR) is 51.3 cm³/mol. The minimum Gasteiger partial charge on any atom is -0.455 e. The standard InChI is InChI=1S/C9H18O6/c1-6(11)9(12)15-7(4-10)8(14-3)5-13-2/h6-8,10-11H,4-5H2,1-3H3/t6?,7-,8?/m0/s1. The Morgan fingerprint density at radius 2 is 1.93 bits per heavy atom. The van der Waals surface area contributed by atoms with E-state index >= 15 is 0 Å². The molecule has 3 atom stereocenters. The largest absolute Gasteiger partial charge is 0.455 e. The smallest absolute Gasteiger partial charge is 0.335 e. The van der Waals surface area contributed by atoms with Crippen molar-refractivity contribution in [3.63, 3.8) is 0 Å². The number of hydrogen-bond acceptors (Lipinski definition) is 6. The average Bonchev–Trinajstić information content (AvgIpc) is 2.22. The van der Waals surface area contributed by atoms with E-state index in [4.69, 9.17) is 24.4 Å². The Bertz CT molecular complexity index is 181. The molecule has 0 aromatic carbocycles. The lowest BCUT2D eigenvalue weighted by Gasteiger charge is -2.24. The number of methoxy groups -OCH3 is 2. The van der Waals surface area contributed by atoms with E-state index in [2.05, 4.69) is 0 Å². The van der Waals surface area contributed by atoms with Gasteiger partial charge in [0.05, 0.1) is 13.2 Å². The number of aliphatic hydroxyl groups is 2. The highest BCUT2D eigenvalue weighted by atomic mass is 16.6. The van der Waals surface area contributed by atoms with E-state index in [9.17, 15) is 4.79 Å². The Labute approximate surface area is 88.7 Å². The molecule has 0 aliphatic rings. The van der Waals surface area contributed by atoms with E-state index in [-0.39, 0.29) is 13.2 Å². The first-order chi connectivity index (χ1) is 7.06. The van der Waals surface area contributed by atoms with Crippen LogP contribution in [-0.4, -0.2) is 61.9 Å². The molecule has 0 amide bonds. The molecule has 0 saturated carbocycles. The summed E-state index contributed by atoms with van der Waals surface area (Å²) >= 11 is 0. The molecule has 15 heavy (non-hydrogen) atoms. The molecule has 2 N–H and O–H groups in total. The van der Waals surface area contributed by atoms with Gasteiger partial charge in [-0.1, -0.05) is 0 Å². The molecular formula is C9H18O6. The van der Waals surface area contributed by atoms with Gasteiger partial charge in [-0.2, -0.15) is 0 Å². The summed E-state index contributed by atoms with van der Waals surface area (Å²) in [5.74, 6) is -0.799. The Balaban J connectivity index is 4.26. The van der Waals surface area contributed by atoms with Gasteiger partial charge in [0.25, 0.3) is 0 Å². The molecule has 90 valence electrons. The van der Waals surface area contributed by atoms with Crippen molar-refractivity contribution < 1.29 is 29.2 Å². The van der Waals surface area contributed by atoms with Crippen molar-refractivity contribution in [3.05, 3.63) is 0 Å². The van der Waals surface area contributed by atoms with E-state index in [1.54, 1.807) is 0 Å². The molecule has 0 heterocycles. The molecule has 0 aliphatic heterocycles. The Morgan fingerprint density at radius 3 is 2.27 bits per heavy atom. The van der Waals surface area contributed by atoms with Gasteiger partial charge in [0.15, 0.2) is 6.10 Å². The van der Waals surface area contributed by atoms with Gasteiger partial charge in [-0.3, -0.25) is 0 Å². The van der Waals surface area contributed by atoms with E-state index in [1.165, 1.54) is 21.1 Å². The van der Waals surface area contributed by atoms with E-state index in [0.29, 0.717) is 0 Å². The van der Waals surface area contributed by atoms with Gasteiger partial charge in [-0.05, 0) is 6.92 Å². The summed E-state index contributed by atoms with van der Waals surface area (Å²) in [7, 11) is 2.89. The zero-order valence-electron chi connectivity index (χ0n) is 9.17. The maximum atomic E-state index is 11.1. The molecule has 0 bridgehead atoms. The number of esters is 1. The molecule has 6 nitrogen and oxygen atoms in total. The van der Waals surface area contributed by atoms with Gasteiger partial charge >= 0.3 is 5.97 Å². The van der Waals surface area contributed by atoms with Crippen LogP contribution in [0.15, 0.2) is 0 Å². The molecule has 0 fully saturated rings. The number of aliphatic hydroxyl groups excluding tert-OH is 2. The van der Waals surface area contributed by atoms with Gasteiger partial charge in [0.1, 0.15) is 12.2 Å². The van der Waals surface area contributed by atoms with Gasteiger partial charge in [-0.25, -0.2) is 4.79 Å². The third kappa shape index (κ3) is 5.08. The monoisotopic (exact) mass is 222 g/mol. The highest BCUT2D eigenvalue weighted by molar-refractivity contribution is 5.74. The molecule has 0 saturated heterocycles. The lowest BCUT2D eigenvalue weighted by atomic mass is 10.2. The van der Waals surface area contributed by atoms with Gasteiger partial charge in [-0.15, -0.1) is 0 Å². The fourth-order valence-corrected chi connectivity index (χ4v) is 0.970.